The van der Waals surface area contributed by atoms with Crippen molar-refractivity contribution in [2.45, 2.75) is 38.8 Å². The van der Waals surface area contributed by atoms with Crippen LogP contribution >= 0.6 is 34.9 Å². The molecule has 0 saturated carbocycles. The van der Waals surface area contributed by atoms with Gasteiger partial charge in [0, 0.05) is 25.8 Å². The zero-order valence-corrected chi connectivity index (χ0v) is 21.4. The van der Waals surface area contributed by atoms with E-state index in [1.165, 1.54) is 18.2 Å². The van der Waals surface area contributed by atoms with E-state index in [1.54, 1.807) is 6.33 Å². The molecular formula is C18H21BrF2N3O4PSSi. The zero-order chi connectivity index (χ0) is 23.4. The van der Waals surface area contributed by atoms with Crippen LogP contribution in [0.5, 0.6) is 0 Å². The molecule has 31 heavy (non-hydrogen) atoms. The summed E-state index contributed by atoms with van der Waals surface area (Å²) in [5.41, 5.74) is -2.36. The summed E-state index contributed by atoms with van der Waals surface area (Å²) in [6, 6.07) is 4.37. The van der Waals surface area contributed by atoms with Crippen molar-refractivity contribution in [2.24, 2.45) is 0 Å². The summed E-state index contributed by atoms with van der Waals surface area (Å²) >= 11 is 3.58. The van der Waals surface area contributed by atoms with E-state index in [0.29, 0.717) is 16.0 Å². The third kappa shape index (κ3) is 4.55. The van der Waals surface area contributed by atoms with Gasteiger partial charge in [-0.25, -0.2) is 4.98 Å². The molecule has 0 spiro atoms. The predicted octanol–water partition coefficient (Wildman–Crippen LogP) is 5.01. The monoisotopic (exact) mass is 551 g/mol. The number of aromatic nitrogens is 2. The van der Waals surface area contributed by atoms with Gasteiger partial charge in [-0.3, -0.25) is 9.36 Å². The highest BCUT2D eigenvalue weighted by Gasteiger charge is 2.53. The van der Waals surface area contributed by atoms with Gasteiger partial charge in [0.05, 0.1) is 18.6 Å². The number of halogens is 3. The fourth-order valence-electron chi connectivity index (χ4n) is 3.10. The topological polar surface area (TPSA) is 104 Å². The molecule has 3 N–H and O–H groups in total. The summed E-state index contributed by atoms with van der Waals surface area (Å²) in [5.74, 6) is -0.412. The number of alkyl halides is 2. The molecule has 0 aliphatic carbocycles. The zero-order valence-electron chi connectivity index (χ0n) is 17.1. The van der Waals surface area contributed by atoms with Crippen LogP contribution in [-0.4, -0.2) is 33.1 Å². The van der Waals surface area contributed by atoms with Gasteiger partial charge >= 0.3 is 13.3 Å². The smallest absolute Gasteiger partial charge is 0.363 e. The number of imidazole rings is 1. The lowest BCUT2D eigenvalue weighted by molar-refractivity contribution is 0.0595. The van der Waals surface area contributed by atoms with Crippen LogP contribution in [0.4, 0.5) is 8.78 Å². The number of nitrogens with one attached hydrogen (secondary N) is 1. The maximum Gasteiger partial charge on any atom is 0.400 e. The largest absolute Gasteiger partial charge is 0.400 e. The lowest BCUT2D eigenvalue weighted by Gasteiger charge is -2.20. The van der Waals surface area contributed by atoms with Crippen LogP contribution in [0, 0.1) is 6.92 Å². The fourth-order valence-corrected chi connectivity index (χ4v) is 7.56. The predicted molar refractivity (Wildman–Crippen MR) is 122 cm³/mol. The molecule has 1 amide bonds. The third-order valence-corrected chi connectivity index (χ3v) is 10.1. The number of rotatable bonds is 6. The Balaban J connectivity index is 1.86. The Labute approximate surface area is 190 Å². The minimum absolute atomic E-state index is 0.139. The minimum Gasteiger partial charge on any atom is -0.363 e. The van der Waals surface area contributed by atoms with E-state index < -0.39 is 32.3 Å². The van der Waals surface area contributed by atoms with E-state index in [-0.39, 0.29) is 22.0 Å². The Kier molecular flexibility index (Phi) is 6.38. The van der Waals surface area contributed by atoms with Crippen LogP contribution in [-0.2, 0) is 16.8 Å². The van der Waals surface area contributed by atoms with E-state index in [4.69, 9.17) is 9.79 Å². The number of amides is 1. The first-order chi connectivity index (χ1) is 14.1. The lowest BCUT2D eigenvalue weighted by atomic mass is 10.1. The normalized spacial score (nSPS) is 13.1. The second-order valence-corrected chi connectivity index (χ2v) is 16.4. The molecule has 0 aliphatic heterocycles. The van der Waals surface area contributed by atoms with E-state index in [9.17, 15) is 18.1 Å². The molecule has 2 heterocycles. The number of hydrogen-bond donors (Lipinski definition) is 3. The number of nitrogens with zero attached hydrogens (tertiary/aromatic N) is 2. The molecule has 2 aromatic heterocycles. The van der Waals surface area contributed by atoms with Crippen molar-refractivity contribution in [2.75, 3.05) is 0 Å². The number of benzene rings is 1. The van der Waals surface area contributed by atoms with Gasteiger partial charge in [0.15, 0.2) is 8.24 Å². The molecule has 3 rings (SSSR count). The van der Waals surface area contributed by atoms with Crippen molar-refractivity contribution in [3.63, 3.8) is 0 Å². The molecule has 0 aliphatic rings. The van der Waals surface area contributed by atoms with Crippen molar-refractivity contribution in [3.8, 4) is 0 Å². The summed E-state index contributed by atoms with van der Waals surface area (Å²) in [5, 5.41) is 3.06. The summed E-state index contributed by atoms with van der Waals surface area (Å²) in [6.45, 7) is 8.71. The minimum atomic E-state index is -5.70. The molecule has 3 aromatic rings. The average Bonchev–Trinajstić information content (AvgIpc) is 3.18. The van der Waals surface area contributed by atoms with Crippen molar-refractivity contribution < 1.29 is 27.9 Å². The molecule has 1 aromatic carbocycles. The van der Waals surface area contributed by atoms with E-state index in [1.807, 2.05) is 6.92 Å². The summed E-state index contributed by atoms with van der Waals surface area (Å²) in [7, 11) is -7.32. The van der Waals surface area contributed by atoms with Crippen molar-refractivity contribution in [1.29, 1.82) is 0 Å². The Bertz CT molecular complexity index is 1220. The van der Waals surface area contributed by atoms with Gasteiger partial charge in [-0.05, 0) is 41.1 Å². The SMILES string of the molecule is Cc1c(CNC(=O)c2ccc3sc(C(F)(F)P(=O)(O)O)c(Br)c3c2)ncn1[Si](C)(C)C. The van der Waals surface area contributed by atoms with E-state index in [2.05, 4.69) is 50.1 Å². The van der Waals surface area contributed by atoms with Crippen molar-refractivity contribution in [1.82, 2.24) is 14.5 Å². The van der Waals surface area contributed by atoms with Gasteiger partial charge in [-0.1, -0.05) is 19.6 Å². The Morgan fingerprint density at radius 1 is 1.35 bits per heavy atom. The molecule has 0 saturated heterocycles. The first-order valence-corrected chi connectivity index (χ1v) is 15.8. The highest BCUT2D eigenvalue weighted by molar-refractivity contribution is 9.10. The molecule has 0 bridgehead atoms. The van der Waals surface area contributed by atoms with Gasteiger partial charge in [0.1, 0.15) is 4.88 Å². The lowest BCUT2D eigenvalue weighted by Crippen LogP contribution is -2.32. The molecule has 0 atom stereocenters. The first-order valence-electron chi connectivity index (χ1n) is 9.12. The van der Waals surface area contributed by atoms with Crippen LogP contribution in [0.25, 0.3) is 10.1 Å². The van der Waals surface area contributed by atoms with E-state index >= 15 is 0 Å². The van der Waals surface area contributed by atoms with Crippen molar-refractivity contribution >= 4 is 59.1 Å². The Morgan fingerprint density at radius 3 is 2.55 bits per heavy atom. The van der Waals surface area contributed by atoms with Gasteiger partial charge in [0.2, 0.25) is 0 Å². The Morgan fingerprint density at radius 2 is 2.00 bits per heavy atom. The molecule has 168 valence electrons. The molecule has 13 heteroatoms. The van der Waals surface area contributed by atoms with Crippen LogP contribution in [0.3, 0.4) is 0 Å². The fraction of sp³-hybridized carbons (Fsp3) is 0.333. The molecule has 0 fully saturated rings. The maximum atomic E-state index is 14.2. The molecular weight excluding hydrogens is 531 g/mol. The van der Waals surface area contributed by atoms with Crippen molar-refractivity contribution in [3.05, 3.63) is 50.8 Å². The van der Waals surface area contributed by atoms with Gasteiger partial charge in [-0.15, -0.1) is 11.3 Å². The van der Waals surface area contributed by atoms with Crippen LogP contribution in [0.2, 0.25) is 19.6 Å². The molecule has 0 radical (unpaired) electrons. The summed E-state index contributed by atoms with van der Waals surface area (Å²) in [4.78, 5) is 34.3. The van der Waals surface area contributed by atoms with Gasteiger partial charge in [0.25, 0.3) is 5.91 Å². The van der Waals surface area contributed by atoms with Gasteiger partial charge < -0.3 is 19.3 Å². The average molecular weight is 552 g/mol. The van der Waals surface area contributed by atoms with E-state index in [0.717, 1.165) is 11.4 Å². The molecule has 0 unspecified atom stereocenters. The van der Waals surface area contributed by atoms with Gasteiger partial charge in [-0.2, -0.15) is 8.78 Å². The second kappa shape index (κ2) is 8.16. The van der Waals surface area contributed by atoms with Crippen LogP contribution < -0.4 is 5.32 Å². The third-order valence-electron chi connectivity index (χ3n) is 4.78. The summed E-state index contributed by atoms with van der Waals surface area (Å²) in [6.07, 6.45) is 1.78. The van der Waals surface area contributed by atoms with Crippen LogP contribution in [0.1, 0.15) is 26.6 Å². The molecule has 7 nitrogen and oxygen atoms in total. The maximum absolute atomic E-state index is 14.2. The first kappa shape index (κ1) is 24.2. The summed E-state index contributed by atoms with van der Waals surface area (Å²) < 4.78 is 42.0. The van der Waals surface area contributed by atoms with Crippen LogP contribution in [0.15, 0.2) is 29.0 Å². The standard InChI is InChI=1S/C18H21BrF2N3O4PSSi/c1-10-13(23-9-24(10)31(2,3)4)8-22-17(25)11-5-6-14-12(7-11)15(19)16(30-14)18(20,21)29(26,27)28/h5-7,9H,8H2,1-4H3,(H,22,25)(H2,26,27,28). The number of fused-ring (bicyclic) bond motifs is 1. The highest BCUT2D eigenvalue weighted by Crippen LogP contribution is 2.62. The highest BCUT2D eigenvalue weighted by atomic mass is 79.9. The quantitative estimate of drug-likeness (QED) is 0.295. The number of carbonyl (C=O) groups excluding carboxylic acids is 1. The number of carbonyl (C=O) groups is 1. The second-order valence-electron chi connectivity index (χ2n) is 8.04. The Hall–Kier alpha value is -1.43. The number of hydrogen-bond acceptors (Lipinski definition) is 4. The number of thiophene rings is 1.